The molecule has 0 radical (unpaired) electrons. The van der Waals surface area contributed by atoms with Gasteiger partial charge in [0.15, 0.2) is 5.54 Å². The number of hydrogen-bond acceptors (Lipinski definition) is 4. The Morgan fingerprint density at radius 3 is 2.21 bits per heavy atom. The van der Waals surface area contributed by atoms with Gasteiger partial charge in [-0.15, -0.1) is 0 Å². The number of amidine groups is 2. The zero-order valence-electron chi connectivity index (χ0n) is 12.7. The van der Waals surface area contributed by atoms with Crippen LogP contribution in [-0.4, -0.2) is 17.6 Å². The zero-order valence-corrected chi connectivity index (χ0v) is 12.7. The van der Waals surface area contributed by atoms with Crippen LogP contribution in [0.5, 0.6) is 0 Å². The van der Waals surface area contributed by atoms with Crippen molar-refractivity contribution in [3.05, 3.63) is 69.7 Å². The second kappa shape index (κ2) is 5.31. The molecule has 0 spiro atoms. The highest BCUT2D eigenvalue weighted by Crippen LogP contribution is 2.28. The Morgan fingerprint density at radius 1 is 1.00 bits per heavy atom. The molecule has 0 bridgehead atoms. The average molecular weight is 320 g/mol. The van der Waals surface area contributed by atoms with Crippen LogP contribution < -0.4 is 27.8 Å². The molecule has 1 unspecified atom stereocenters. The first-order valence-corrected chi connectivity index (χ1v) is 7.16. The van der Waals surface area contributed by atoms with Gasteiger partial charge in [0, 0.05) is 16.3 Å². The maximum Gasteiger partial charge on any atom is 0.254 e. The summed E-state index contributed by atoms with van der Waals surface area (Å²) in [7, 11) is 0. The van der Waals surface area contributed by atoms with Crippen LogP contribution in [0.2, 0.25) is 0 Å². The summed E-state index contributed by atoms with van der Waals surface area (Å²) < 4.78 is 0. The quantitative estimate of drug-likeness (QED) is 0.364. The van der Waals surface area contributed by atoms with Gasteiger partial charge in [-0.2, -0.15) is 0 Å². The van der Waals surface area contributed by atoms with Crippen molar-refractivity contribution in [1.82, 2.24) is 0 Å². The standard InChI is InChI=1S/C17H16N6O/c18-14(19)9-6-11(15(20)21)12-8-17(16(22)24,23-13(12)7-9)10-4-2-1-3-5-10/h1-8H,(H3,18,19)(H3,20,21)(H2,22,24). The number of nitrogens with one attached hydrogen (secondary N) is 2. The van der Waals surface area contributed by atoms with E-state index in [1.54, 1.807) is 36.4 Å². The number of rotatable bonds is 4. The molecule has 3 rings (SSSR count). The average Bonchev–Trinajstić information content (AvgIpc) is 2.95. The van der Waals surface area contributed by atoms with E-state index in [1.165, 1.54) is 6.07 Å². The Labute approximate surface area is 137 Å². The zero-order chi connectivity index (χ0) is 17.5. The van der Waals surface area contributed by atoms with Crippen molar-refractivity contribution in [3.8, 4) is 0 Å². The first-order chi connectivity index (χ1) is 11.3. The number of primary amides is 1. The number of hydrogen-bond donors (Lipinski definition) is 5. The lowest BCUT2D eigenvalue weighted by atomic mass is 9.89. The summed E-state index contributed by atoms with van der Waals surface area (Å²) in [5.74, 6) is -1.01. The number of carbonyl (C=O) groups excluding carboxylic acids is 1. The minimum Gasteiger partial charge on any atom is -0.384 e. The molecular formula is C17H16N6O. The second-order valence-corrected chi connectivity index (χ2v) is 5.54. The first-order valence-electron chi connectivity index (χ1n) is 7.16. The van der Waals surface area contributed by atoms with Crippen LogP contribution in [0.15, 0.2) is 47.5 Å². The van der Waals surface area contributed by atoms with E-state index >= 15 is 0 Å². The van der Waals surface area contributed by atoms with Gasteiger partial charge < -0.3 is 17.2 Å². The summed E-state index contributed by atoms with van der Waals surface area (Å²) in [5, 5.41) is 16.3. The Morgan fingerprint density at radius 2 is 1.67 bits per heavy atom. The van der Waals surface area contributed by atoms with Gasteiger partial charge in [0.1, 0.15) is 11.7 Å². The van der Waals surface area contributed by atoms with E-state index < -0.39 is 11.4 Å². The predicted molar refractivity (Wildman–Crippen MR) is 91.0 cm³/mol. The Bertz CT molecular complexity index is 996. The molecule has 1 amide bonds. The van der Waals surface area contributed by atoms with Gasteiger partial charge in [0.05, 0.1) is 5.36 Å². The van der Waals surface area contributed by atoms with Gasteiger partial charge in [-0.25, -0.2) is 0 Å². The Kier molecular flexibility index (Phi) is 3.41. The lowest BCUT2D eigenvalue weighted by Gasteiger charge is -2.20. The maximum absolute atomic E-state index is 12.2. The highest BCUT2D eigenvalue weighted by molar-refractivity contribution is 6.02. The van der Waals surface area contributed by atoms with E-state index in [-0.39, 0.29) is 11.7 Å². The second-order valence-electron chi connectivity index (χ2n) is 5.54. The van der Waals surface area contributed by atoms with Crippen molar-refractivity contribution in [2.75, 3.05) is 0 Å². The number of nitrogen functional groups attached to an aromatic ring is 2. The molecule has 2 aromatic carbocycles. The normalized spacial score (nSPS) is 18.2. The third kappa shape index (κ3) is 2.23. The van der Waals surface area contributed by atoms with E-state index in [2.05, 4.69) is 4.99 Å². The monoisotopic (exact) mass is 320 g/mol. The fourth-order valence-corrected chi connectivity index (χ4v) is 2.80. The van der Waals surface area contributed by atoms with Crippen molar-refractivity contribution >= 4 is 23.7 Å². The van der Waals surface area contributed by atoms with Crippen molar-refractivity contribution in [3.63, 3.8) is 0 Å². The third-order valence-corrected chi connectivity index (χ3v) is 4.00. The minimum absolute atomic E-state index is 0.174. The Balaban J connectivity index is 2.39. The number of nitrogens with zero attached hydrogens (tertiary/aromatic N) is 1. The van der Waals surface area contributed by atoms with Crippen LogP contribution in [0.3, 0.4) is 0 Å². The summed E-state index contributed by atoms with van der Waals surface area (Å²) in [6, 6.07) is 12.1. The molecule has 2 aromatic rings. The van der Waals surface area contributed by atoms with Gasteiger partial charge in [0.2, 0.25) is 0 Å². The lowest BCUT2D eigenvalue weighted by Crippen LogP contribution is -2.37. The van der Waals surface area contributed by atoms with Crippen LogP contribution in [-0.2, 0) is 10.3 Å². The van der Waals surface area contributed by atoms with Crippen LogP contribution in [0.25, 0.3) is 6.08 Å². The molecule has 1 atom stereocenters. The molecule has 1 heterocycles. The largest absolute Gasteiger partial charge is 0.384 e. The van der Waals surface area contributed by atoms with Crippen LogP contribution >= 0.6 is 0 Å². The molecule has 1 aliphatic heterocycles. The summed E-state index contributed by atoms with van der Waals surface area (Å²) in [5.41, 5.74) is 16.8. The molecule has 120 valence electrons. The Hall–Kier alpha value is -3.48. The van der Waals surface area contributed by atoms with E-state index in [0.717, 1.165) is 0 Å². The smallest absolute Gasteiger partial charge is 0.254 e. The molecule has 0 saturated heterocycles. The van der Waals surface area contributed by atoms with E-state index in [1.807, 2.05) is 6.07 Å². The molecule has 8 N–H and O–H groups in total. The molecule has 7 heteroatoms. The maximum atomic E-state index is 12.2. The van der Waals surface area contributed by atoms with Crippen molar-refractivity contribution in [1.29, 1.82) is 10.8 Å². The fraction of sp³-hybridized carbons (Fsp3) is 0.0588. The summed E-state index contributed by atoms with van der Waals surface area (Å²) in [4.78, 5) is 16.7. The van der Waals surface area contributed by atoms with E-state index in [0.29, 0.717) is 27.3 Å². The third-order valence-electron chi connectivity index (χ3n) is 4.00. The number of nitrogens with two attached hydrogens (primary N) is 3. The minimum atomic E-state index is -1.37. The number of fused-ring (bicyclic) bond motifs is 1. The molecule has 0 aliphatic carbocycles. The van der Waals surface area contributed by atoms with Crippen LogP contribution in [0, 0.1) is 10.8 Å². The summed E-state index contributed by atoms with van der Waals surface area (Å²) >= 11 is 0. The van der Waals surface area contributed by atoms with Crippen molar-refractivity contribution in [2.45, 2.75) is 5.54 Å². The first kappa shape index (κ1) is 15.4. The lowest BCUT2D eigenvalue weighted by molar-refractivity contribution is -0.121. The predicted octanol–water partition coefficient (Wildman–Crippen LogP) is -0.951. The molecule has 1 aliphatic rings. The molecule has 0 aromatic heterocycles. The van der Waals surface area contributed by atoms with Gasteiger partial charge in [0.25, 0.3) is 5.91 Å². The highest BCUT2D eigenvalue weighted by Gasteiger charge is 2.38. The van der Waals surface area contributed by atoms with Gasteiger partial charge in [-0.05, 0) is 23.8 Å². The summed E-state index contributed by atoms with van der Waals surface area (Å²) in [6.45, 7) is 0. The summed E-state index contributed by atoms with van der Waals surface area (Å²) in [6.07, 6.45) is 1.61. The number of amides is 1. The van der Waals surface area contributed by atoms with Crippen LogP contribution in [0.4, 0.5) is 0 Å². The number of carbonyl (C=O) groups is 1. The van der Waals surface area contributed by atoms with Gasteiger partial charge in [-0.3, -0.25) is 20.6 Å². The van der Waals surface area contributed by atoms with Gasteiger partial charge in [-0.1, -0.05) is 30.3 Å². The molecular weight excluding hydrogens is 304 g/mol. The topological polar surface area (TPSA) is 155 Å². The van der Waals surface area contributed by atoms with Gasteiger partial charge >= 0.3 is 0 Å². The van der Waals surface area contributed by atoms with E-state index in [9.17, 15) is 4.79 Å². The van der Waals surface area contributed by atoms with Crippen molar-refractivity contribution in [2.24, 2.45) is 22.2 Å². The van der Waals surface area contributed by atoms with Crippen LogP contribution in [0.1, 0.15) is 16.7 Å². The van der Waals surface area contributed by atoms with Crippen molar-refractivity contribution < 1.29 is 4.79 Å². The van der Waals surface area contributed by atoms with E-state index in [4.69, 9.17) is 28.0 Å². The highest BCUT2D eigenvalue weighted by atomic mass is 16.1. The number of benzene rings is 2. The fourth-order valence-electron chi connectivity index (χ4n) is 2.80. The molecule has 7 nitrogen and oxygen atoms in total. The molecule has 0 fully saturated rings. The SMILES string of the molecule is N=C(N)c1cc(C(=N)N)c2c(c1)=NC(C(N)=O)(c1ccccc1)C=2. The molecule has 24 heavy (non-hydrogen) atoms. The molecule has 0 saturated carbocycles.